The van der Waals surface area contributed by atoms with Gasteiger partial charge in [0.2, 0.25) is 0 Å². The Morgan fingerprint density at radius 2 is 1.28 bits per heavy atom. The Balaban J connectivity index is 2.11. The molecule has 0 heterocycles. The van der Waals surface area contributed by atoms with Gasteiger partial charge in [-0.2, -0.15) is 0 Å². The van der Waals surface area contributed by atoms with E-state index in [9.17, 15) is 9.79 Å². The van der Waals surface area contributed by atoms with Crippen molar-refractivity contribution < 1.29 is 14.3 Å². The van der Waals surface area contributed by atoms with E-state index in [1.807, 2.05) is 72.8 Å². The van der Waals surface area contributed by atoms with Crippen molar-refractivity contribution in [3.63, 3.8) is 0 Å². The van der Waals surface area contributed by atoms with E-state index in [1.165, 1.54) is 0 Å². The summed E-state index contributed by atoms with van der Waals surface area (Å²) in [5, 5.41) is 4.18. The smallest absolute Gasteiger partial charge is 0.375 e. The normalized spacial score (nSPS) is 11.8. The number of benzene rings is 4. The minimum Gasteiger partial charge on any atom is -0.424 e. The summed E-state index contributed by atoms with van der Waals surface area (Å²) < 4.78 is 5.38. The summed E-state index contributed by atoms with van der Waals surface area (Å²) in [5.74, 6) is 0.378. The van der Waals surface area contributed by atoms with Crippen LogP contribution in [0.1, 0.15) is 0 Å². The second-order valence-electron chi connectivity index (χ2n) is 5.77. The van der Waals surface area contributed by atoms with Crippen LogP contribution in [0.3, 0.4) is 0 Å². The molecule has 0 unspecified atom stereocenters. The molecule has 0 aliphatic carbocycles. The van der Waals surface area contributed by atoms with Crippen molar-refractivity contribution in [1.29, 1.82) is 0 Å². The van der Waals surface area contributed by atoms with Crippen molar-refractivity contribution >= 4 is 40.1 Å². The Kier molecular flexibility index (Phi) is 4.06. The van der Waals surface area contributed by atoms with Crippen molar-refractivity contribution in [3.05, 3.63) is 78.9 Å². The van der Waals surface area contributed by atoms with Crippen LogP contribution in [-0.4, -0.2) is 9.79 Å². The van der Waals surface area contributed by atoms with Crippen LogP contribution < -0.4 is 4.52 Å². The number of hydrogen-bond donors (Lipinski definition) is 2. The lowest BCUT2D eigenvalue weighted by Crippen LogP contribution is -1.94. The van der Waals surface area contributed by atoms with E-state index >= 15 is 0 Å². The lowest BCUT2D eigenvalue weighted by molar-refractivity contribution is 0.371. The molecule has 5 heteroatoms. The minimum atomic E-state index is -3.84. The molecule has 0 spiro atoms. The van der Waals surface area contributed by atoms with Crippen molar-refractivity contribution in [2.45, 2.75) is 0 Å². The van der Waals surface area contributed by atoms with Crippen LogP contribution in [0.2, 0.25) is 0 Å². The zero-order chi connectivity index (χ0) is 17.4. The van der Waals surface area contributed by atoms with Crippen LogP contribution >= 0.6 is 6.72 Å². The molecule has 0 amide bonds. The predicted molar refractivity (Wildman–Crippen MR) is 106 cm³/mol. The Bertz CT molecular complexity index is 1130. The second kappa shape index (κ2) is 6.25. The van der Waals surface area contributed by atoms with E-state index in [2.05, 4.69) is 0 Å². The highest BCUT2D eigenvalue weighted by molar-refractivity contribution is 8.06. The molecule has 0 aliphatic rings. The highest BCUT2D eigenvalue weighted by Gasteiger charge is 2.18. The van der Waals surface area contributed by atoms with Crippen LogP contribution in [0.5, 0.6) is 5.75 Å². The molecule has 0 bridgehead atoms. The predicted octanol–water partition coefficient (Wildman–Crippen LogP) is 5.25. The fraction of sp³-hybridized carbons (Fsp3) is 0. The van der Waals surface area contributed by atoms with Crippen LogP contribution in [0, 0.1) is 0 Å². The third-order valence-electron chi connectivity index (χ3n) is 4.17. The molecule has 4 aromatic carbocycles. The maximum Gasteiger partial charge on any atom is 0.375 e. The molecule has 4 aromatic rings. The first kappa shape index (κ1) is 16.2. The largest absolute Gasteiger partial charge is 0.424 e. The highest BCUT2D eigenvalue weighted by atomic mass is 32.5. The lowest BCUT2D eigenvalue weighted by Gasteiger charge is -2.17. The number of rotatable bonds is 3. The molecule has 3 nitrogen and oxygen atoms in total. The minimum absolute atomic E-state index is 0.378. The average Bonchev–Trinajstić information content (AvgIpc) is 2.60. The van der Waals surface area contributed by atoms with Gasteiger partial charge in [0.05, 0.1) is 0 Å². The van der Waals surface area contributed by atoms with E-state index in [1.54, 1.807) is 6.07 Å². The molecule has 0 radical (unpaired) electrons. The summed E-state index contributed by atoms with van der Waals surface area (Å²) in [6.07, 6.45) is 0. The van der Waals surface area contributed by atoms with Gasteiger partial charge in [-0.25, -0.2) is 0 Å². The molecule has 0 saturated carbocycles. The van der Waals surface area contributed by atoms with E-state index in [-0.39, 0.29) is 0 Å². The highest BCUT2D eigenvalue weighted by Crippen LogP contribution is 2.46. The van der Waals surface area contributed by atoms with Gasteiger partial charge in [-0.05, 0) is 33.2 Å². The van der Waals surface area contributed by atoms with Gasteiger partial charge in [0, 0.05) is 17.4 Å². The molecule has 0 aliphatic heterocycles. The monoisotopic (exact) mass is 366 g/mol. The molecule has 0 fully saturated rings. The van der Waals surface area contributed by atoms with Crippen LogP contribution in [-0.2, 0) is 11.8 Å². The van der Waals surface area contributed by atoms with Crippen molar-refractivity contribution in [2.75, 3.05) is 0 Å². The molecule has 0 aromatic heterocycles. The summed E-state index contributed by atoms with van der Waals surface area (Å²) in [4.78, 5) is 19.4. The van der Waals surface area contributed by atoms with E-state index in [0.29, 0.717) is 5.75 Å². The van der Waals surface area contributed by atoms with E-state index in [4.69, 9.17) is 16.3 Å². The molecule has 4 rings (SSSR count). The van der Waals surface area contributed by atoms with Gasteiger partial charge in [0.25, 0.3) is 0 Å². The Morgan fingerprint density at radius 3 is 2.00 bits per heavy atom. The molecule has 0 saturated heterocycles. The first-order chi connectivity index (χ1) is 12.0. The van der Waals surface area contributed by atoms with E-state index < -0.39 is 6.72 Å². The van der Waals surface area contributed by atoms with Crippen LogP contribution in [0.15, 0.2) is 78.9 Å². The van der Waals surface area contributed by atoms with Gasteiger partial charge < -0.3 is 14.3 Å². The van der Waals surface area contributed by atoms with Gasteiger partial charge in [-0.15, -0.1) is 0 Å². The third-order valence-corrected chi connectivity index (χ3v) is 4.83. The zero-order valence-corrected chi connectivity index (χ0v) is 14.9. The van der Waals surface area contributed by atoms with Crippen molar-refractivity contribution in [2.24, 2.45) is 0 Å². The Hall–Kier alpha value is -2.23. The third kappa shape index (κ3) is 3.17. The standard InChI is InChI=1S/C20H15O3PS/c21-24(22,25)23-19-13-12-15-7-2-4-10-17(15)20(19)18-11-5-8-14-6-1-3-9-16(14)18/h1-13H,(H2,21,22,25). The van der Waals surface area contributed by atoms with Gasteiger partial charge in [-0.3, -0.25) is 0 Å². The second-order valence-corrected chi connectivity index (χ2v) is 8.36. The summed E-state index contributed by atoms with van der Waals surface area (Å²) in [6, 6.07) is 25.7. The Labute approximate surface area is 150 Å². The maximum atomic E-state index is 9.69. The molecular formula is C20H15O3PS. The Morgan fingerprint density at radius 1 is 0.680 bits per heavy atom. The average molecular weight is 366 g/mol. The summed E-state index contributed by atoms with van der Waals surface area (Å²) in [5.41, 5.74) is 1.78. The SMILES string of the molecule is OP(O)(=S)Oc1ccc2ccccc2c1-c1cccc2ccccc12. The van der Waals surface area contributed by atoms with Gasteiger partial charge >= 0.3 is 6.72 Å². The lowest BCUT2D eigenvalue weighted by atomic mass is 9.93. The van der Waals surface area contributed by atoms with Crippen molar-refractivity contribution in [3.8, 4) is 16.9 Å². The molecule has 25 heavy (non-hydrogen) atoms. The van der Waals surface area contributed by atoms with Crippen LogP contribution in [0.25, 0.3) is 32.7 Å². The fourth-order valence-corrected chi connectivity index (χ4v) is 3.83. The zero-order valence-electron chi connectivity index (χ0n) is 13.2. The molecule has 2 N–H and O–H groups in total. The van der Waals surface area contributed by atoms with Crippen molar-refractivity contribution in [1.82, 2.24) is 0 Å². The van der Waals surface area contributed by atoms with E-state index in [0.717, 1.165) is 32.7 Å². The fourth-order valence-electron chi connectivity index (χ4n) is 3.18. The first-order valence-electron chi connectivity index (χ1n) is 7.78. The molecule has 0 atom stereocenters. The van der Waals surface area contributed by atoms with Crippen LogP contribution in [0.4, 0.5) is 0 Å². The topological polar surface area (TPSA) is 49.7 Å². The summed E-state index contributed by atoms with van der Waals surface area (Å²) in [6.45, 7) is -3.84. The molecular weight excluding hydrogens is 351 g/mol. The number of fused-ring (bicyclic) bond motifs is 2. The summed E-state index contributed by atoms with van der Waals surface area (Å²) >= 11 is 4.70. The quantitative estimate of drug-likeness (QED) is 0.486. The number of hydrogen-bond acceptors (Lipinski definition) is 2. The van der Waals surface area contributed by atoms with Gasteiger partial charge in [0.1, 0.15) is 5.75 Å². The maximum absolute atomic E-state index is 9.69. The molecule has 124 valence electrons. The van der Waals surface area contributed by atoms with Gasteiger partial charge in [-0.1, -0.05) is 72.8 Å². The first-order valence-corrected chi connectivity index (χ1v) is 10.4. The van der Waals surface area contributed by atoms with Gasteiger partial charge in [0.15, 0.2) is 0 Å². The summed E-state index contributed by atoms with van der Waals surface area (Å²) in [7, 11) is 0.